The number of nitrogens with one attached hydrogen (secondary N) is 1. The largest absolute Gasteiger partial charge is 0.382 e. The molecule has 0 atom stereocenters. The van der Waals surface area contributed by atoms with Crippen molar-refractivity contribution in [3.63, 3.8) is 0 Å². The molecule has 0 bridgehead atoms. The molecule has 1 aliphatic heterocycles. The van der Waals surface area contributed by atoms with Gasteiger partial charge in [0, 0.05) is 31.0 Å². The fourth-order valence-electron chi connectivity index (χ4n) is 2.84. The Bertz CT molecular complexity index is 634. The zero-order valence-electron chi connectivity index (χ0n) is 13.0. The lowest BCUT2D eigenvalue weighted by Gasteiger charge is -2.34. The Morgan fingerprint density at radius 2 is 1.82 bits per heavy atom. The number of hydrogen-bond donors (Lipinski definition) is 1. The lowest BCUT2D eigenvalue weighted by Crippen LogP contribution is -2.40. The minimum absolute atomic E-state index is 0.200. The van der Waals surface area contributed by atoms with E-state index in [0.717, 1.165) is 48.8 Å². The molecular formula is C17H21FN4. The van der Waals surface area contributed by atoms with Crippen LogP contribution in [0, 0.1) is 19.7 Å². The highest BCUT2D eigenvalue weighted by Crippen LogP contribution is 2.22. The molecule has 1 fully saturated rings. The monoisotopic (exact) mass is 300 g/mol. The van der Waals surface area contributed by atoms with Crippen molar-refractivity contribution in [1.82, 2.24) is 9.97 Å². The SMILES string of the molecule is Cc1cnc(C)c(N2CCC(Nc3ccc(F)cc3)CC2)n1. The standard InChI is InChI=1S/C17H21FN4/c1-12-11-19-13(2)17(20-12)22-9-7-16(8-10-22)21-15-5-3-14(18)4-6-15/h3-6,11,16,21H,7-10H2,1-2H3. The normalized spacial score (nSPS) is 15.9. The molecule has 0 unspecified atom stereocenters. The fraction of sp³-hybridized carbons (Fsp3) is 0.412. The molecule has 2 aromatic rings. The summed E-state index contributed by atoms with van der Waals surface area (Å²) in [4.78, 5) is 11.3. The van der Waals surface area contributed by atoms with Gasteiger partial charge in [-0.05, 0) is 51.0 Å². The van der Waals surface area contributed by atoms with E-state index in [1.54, 1.807) is 12.1 Å². The first-order chi connectivity index (χ1) is 10.6. The molecule has 1 saturated heterocycles. The van der Waals surface area contributed by atoms with E-state index in [9.17, 15) is 4.39 Å². The molecule has 0 aliphatic carbocycles. The molecule has 0 saturated carbocycles. The third-order valence-corrected chi connectivity index (χ3v) is 4.06. The minimum Gasteiger partial charge on any atom is -0.382 e. The number of benzene rings is 1. The van der Waals surface area contributed by atoms with Gasteiger partial charge in [0.05, 0.1) is 11.4 Å². The number of hydrogen-bond acceptors (Lipinski definition) is 4. The number of aryl methyl sites for hydroxylation is 2. The van der Waals surface area contributed by atoms with E-state index in [1.165, 1.54) is 12.1 Å². The van der Waals surface area contributed by atoms with Crippen LogP contribution >= 0.6 is 0 Å². The zero-order chi connectivity index (χ0) is 15.5. The summed E-state index contributed by atoms with van der Waals surface area (Å²) in [6, 6.07) is 6.97. The van der Waals surface area contributed by atoms with Gasteiger partial charge in [0.2, 0.25) is 0 Å². The smallest absolute Gasteiger partial charge is 0.150 e. The van der Waals surface area contributed by atoms with Crippen LogP contribution < -0.4 is 10.2 Å². The van der Waals surface area contributed by atoms with Gasteiger partial charge in [-0.15, -0.1) is 0 Å². The van der Waals surface area contributed by atoms with Crippen LogP contribution in [0.2, 0.25) is 0 Å². The lowest BCUT2D eigenvalue weighted by atomic mass is 10.0. The van der Waals surface area contributed by atoms with Crippen LogP contribution in [0.3, 0.4) is 0 Å². The number of aromatic nitrogens is 2. The first-order valence-electron chi connectivity index (χ1n) is 7.69. The molecule has 1 aromatic carbocycles. The zero-order valence-corrected chi connectivity index (χ0v) is 13.0. The van der Waals surface area contributed by atoms with Crippen LogP contribution in [-0.4, -0.2) is 29.1 Å². The van der Waals surface area contributed by atoms with Crippen molar-refractivity contribution >= 4 is 11.5 Å². The maximum absolute atomic E-state index is 12.9. The summed E-state index contributed by atoms with van der Waals surface area (Å²) in [5, 5.41) is 3.48. The van der Waals surface area contributed by atoms with Crippen LogP contribution in [0.4, 0.5) is 15.9 Å². The van der Waals surface area contributed by atoms with E-state index in [4.69, 9.17) is 0 Å². The fourth-order valence-corrected chi connectivity index (χ4v) is 2.84. The molecular weight excluding hydrogens is 279 g/mol. The third kappa shape index (κ3) is 3.35. The second kappa shape index (κ2) is 6.30. The molecule has 0 radical (unpaired) electrons. The Kier molecular flexibility index (Phi) is 4.22. The van der Waals surface area contributed by atoms with Crippen molar-refractivity contribution in [2.75, 3.05) is 23.3 Å². The maximum atomic E-state index is 12.9. The van der Waals surface area contributed by atoms with Gasteiger partial charge >= 0.3 is 0 Å². The molecule has 22 heavy (non-hydrogen) atoms. The van der Waals surface area contributed by atoms with Crippen molar-refractivity contribution in [3.8, 4) is 0 Å². The summed E-state index contributed by atoms with van der Waals surface area (Å²) in [7, 11) is 0. The lowest BCUT2D eigenvalue weighted by molar-refractivity contribution is 0.522. The highest BCUT2D eigenvalue weighted by molar-refractivity contribution is 5.46. The number of rotatable bonds is 3. The van der Waals surface area contributed by atoms with Crippen LogP contribution in [-0.2, 0) is 0 Å². The van der Waals surface area contributed by atoms with Gasteiger partial charge in [-0.1, -0.05) is 0 Å². The summed E-state index contributed by atoms with van der Waals surface area (Å²) in [5.41, 5.74) is 2.91. The average molecular weight is 300 g/mol. The summed E-state index contributed by atoms with van der Waals surface area (Å²) in [6.45, 7) is 5.89. The van der Waals surface area contributed by atoms with Gasteiger partial charge in [-0.25, -0.2) is 9.37 Å². The molecule has 0 spiro atoms. The van der Waals surface area contributed by atoms with E-state index in [0.29, 0.717) is 6.04 Å². The van der Waals surface area contributed by atoms with Crippen molar-refractivity contribution in [2.45, 2.75) is 32.7 Å². The van der Waals surface area contributed by atoms with Gasteiger partial charge in [-0.3, -0.25) is 4.98 Å². The molecule has 5 heteroatoms. The van der Waals surface area contributed by atoms with Gasteiger partial charge in [0.1, 0.15) is 11.6 Å². The van der Waals surface area contributed by atoms with E-state index in [1.807, 2.05) is 20.0 Å². The molecule has 2 heterocycles. The van der Waals surface area contributed by atoms with E-state index in [2.05, 4.69) is 20.2 Å². The Labute approximate surface area is 130 Å². The van der Waals surface area contributed by atoms with Gasteiger partial charge in [-0.2, -0.15) is 0 Å². The van der Waals surface area contributed by atoms with E-state index >= 15 is 0 Å². The topological polar surface area (TPSA) is 41.1 Å². The predicted octanol–water partition coefficient (Wildman–Crippen LogP) is 3.31. The Balaban J connectivity index is 1.60. The molecule has 1 aromatic heterocycles. The maximum Gasteiger partial charge on any atom is 0.150 e. The molecule has 116 valence electrons. The van der Waals surface area contributed by atoms with Gasteiger partial charge < -0.3 is 10.2 Å². The molecule has 1 N–H and O–H groups in total. The van der Waals surface area contributed by atoms with Crippen LogP contribution in [0.15, 0.2) is 30.5 Å². The van der Waals surface area contributed by atoms with Crippen molar-refractivity contribution in [3.05, 3.63) is 47.7 Å². The van der Waals surface area contributed by atoms with Crippen molar-refractivity contribution < 1.29 is 4.39 Å². The first-order valence-corrected chi connectivity index (χ1v) is 7.69. The van der Waals surface area contributed by atoms with Crippen molar-refractivity contribution in [1.29, 1.82) is 0 Å². The quantitative estimate of drug-likeness (QED) is 0.944. The number of halogens is 1. The second-order valence-corrected chi connectivity index (χ2v) is 5.83. The van der Waals surface area contributed by atoms with Crippen LogP contribution in [0.5, 0.6) is 0 Å². The third-order valence-electron chi connectivity index (χ3n) is 4.06. The Hall–Kier alpha value is -2.17. The van der Waals surface area contributed by atoms with Crippen LogP contribution in [0.1, 0.15) is 24.2 Å². The second-order valence-electron chi connectivity index (χ2n) is 5.83. The Morgan fingerprint density at radius 3 is 2.50 bits per heavy atom. The number of nitrogens with zero attached hydrogens (tertiary/aromatic N) is 3. The number of anilines is 2. The summed E-state index contributed by atoms with van der Waals surface area (Å²) in [5.74, 6) is 0.800. The van der Waals surface area contributed by atoms with Crippen LogP contribution in [0.25, 0.3) is 0 Å². The highest BCUT2D eigenvalue weighted by Gasteiger charge is 2.21. The molecule has 3 rings (SSSR count). The summed E-state index contributed by atoms with van der Waals surface area (Å²) in [6.07, 6.45) is 3.88. The number of piperidine rings is 1. The van der Waals surface area contributed by atoms with E-state index < -0.39 is 0 Å². The van der Waals surface area contributed by atoms with Crippen molar-refractivity contribution in [2.24, 2.45) is 0 Å². The molecule has 1 aliphatic rings. The van der Waals surface area contributed by atoms with Gasteiger partial charge in [0.25, 0.3) is 0 Å². The van der Waals surface area contributed by atoms with Gasteiger partial charge in [0.15, 0.2) is 0 Å². The highest BCUT2D eigenvalue weighted by atomic mass is 19.1. The molecule has 0 amide bonds. The molecule has 4 nitrogen and oxygen atoms in total. The minimum atomic E-state index is -0.200. The first kappa shape index (κ1) is 14.8. The summed E-state index contributed by atoms with van der Waals surface area (Å²) >= 11 is 0. The average Bonchev–Trinajstić information content (AvgIpc) is 2.53. The predicted molar refractivity (Wildman–Crippen MR) is 86.8 cm³/mol. The summed E-state index contributed by atoms with van der Waals surface area (Å²) < 4.78 is 12.9. The Morgan fingerprint density at radius 1 is 1.14 bits per heavy atom. The van der Waals surface area contributed by atoms with E-state index in [-0.39, 0.29) is 5.82 Å².